The zero-order valence-corrected chi connectivity index (χ0v) is 18.3. The van der Waals surface area contributed by atoms with Crippen LogP contribution in [0, 0.1) is 0 Å². The highest BCUT2D eigenvalue weighted by Crippen LogP contribution is 2.19. The lowest BCUT2D eigenvalue weighted by Gasteiger charge is -2.25. The Morgan fingerprint density at radius 2 is 1.73 bits per heavy atom. The third-order valence-corrected chi connectivity index (χ3v) is 7.22. The fraction of sp³-hybridized carbons (Fsp3) is 0.435. The third-order valence-electron chi connectivity index (χ3n) is 5.37. The zero-order valence-electron chi connectivity index (χ0n) is 17.5. The maximum absolute atomic E-state index is 12.5. The number of nitrogens with one attached hydrogen (secondary N) is 1. The standard InChI is InChI=1S/C23H30N2O4S/c1-29-22-10-4-3-8-20(22)9-7-15-24-23(26)21-13-11-19(12-14-21)18-30(27,28)25-16-5-2-6-17-25/h3-4,8,10-14H,2,5-7,9,15-18H2,1H3,(H,24,26). The molecule has 162 valence electrons. The van der Waals surface area contributed by atoms with Crippen molar-refractivity contribution in [3.8, 4) is 5.75 Å². The minimum Gasteiger partial charge on any atom is -0.496 e. The molecule has 0 bridgehead atoms. The van der Waals surface area contributed by atoms with E-state index in [9.17, 15) is 13.2 Å². The second kappa shape index (κ2) is 10.6. The normalized spacial score (nSPS) is 15.0. The van der Waals surface area contributed by atoms with Crippen molar-refractivity contribution in [2.24, 2.45) is 0 Å². The van der Waals surface area contributed by atoms with Gasteiger partial charge in [0.25, 0.3) is 5.91 Å². The van der Waals surface area contributed by atoms with Gasteiger partial charge in [-0.15, -0.1) is 0 Å². The van der Waals surface area contributed by atoms with Crippen molar-refractivity contribution in [3.05, 3.63) is 65.2 Å². The molecule has 1 fully saturated rings. The average Bonchev–Trinajstić information content (AvgIpc) is 2.77. The molecule has 1 aliphatic heterocycles. The summed E-state index contributed by atoms with van der Waals surface area (Å²) in [7, 11) is -1.64. The number of para-hydroxylation sites is 1. The number of hydrogen-bond acceptors (Lipinski definition) is 4. The molecule has 3 rings (SSSR count). The first-order valence-corrected chi connectivity index (χ1v) is 12.1. The third kappa shape index (κ3) is 6.06. The van der Waals surface area contributed by atoms with Crippen molar-refractivity contribution in [3.63, 3.8) is 0 Å². The lowest BCUT2D eigenvalue weighted by Crippen LogP contribution is -2.36. The molecule has 7 heteroatoms. The van der Waals surface area contributed by atoms with E-state index < -0.39 is 10.0 Å². The van der Waals surface area contributed by atoms with E-state index in [0.717, 1.165) is 43.4 Å². The number of piperidine rings is 1. The van der Waals surface area contributed by atoms with Crippen LogP contribution in [-0.4, -0.2) is 45.4 Å². The number of aryl methyl sites for hydroxylation is 1. The van der Waals surface area contributed by atoms with Crippen molar-refractivity contribution in [2.45, 2.75) is 37.9 Å². The van der Waals surface area contributed by atoms with Gasteiger partial charge in [-0.3, -0.25) is 4.79 Å². The number of methoxy groups -OCH3 is 1. The number of hydrogen-bond donors (Lipinski definition) is 1. The number of sulfonamides is 1. The minimum absolute atomic E-state index is 0.0200. The zero-order chi connectivity index (χ0) is 21.4. The lowest BCUT2D eigenvalue weighted by molar-refractivity contribution is 0.0953. The Kier molecular flexibility index (Phi) is 7.87. The fourth-order valence-electron chi connectivity index (χ4n) is 3.69. The SMILES string of the molecule is COc1ccccc1CCCNC(=O)c1ccc(CS(=O)(=O)N2CCCCC2)cc1. The van der Waals surface area contributed by atoms with Gasteiger partial charge in [0.05, 0.1) is 12.9 Å². The van der Waals surface area contributed by atoms with Crippen LogP contribution in [0.5, 0.6) is 5.75 Å². The number of ether oxygens (including phenoxy) is 1. The molecule has 1 aliphatic rings. The molecule has 2 aromatic rings. The molecule has 0 radical (unpaired) electrons. The first-order chi connectivity index (χ1) is 14.5. The topological polar surface area (TPSA) is 75.7 Å². The maximum Gasteiger partial charge on any atom is 0.251 e. The molecule has 2 aromatic carbocycles. The predicted octanol–water partition coefficient (Wildman–Crippen LogP) is 3.37. The molecule has 0 spiro atoms. The van der Waals surface area contributed by atoms with Gasteiger partial charge < -0.3 is 10.1 Å². The molecular weight excluding hydrogens is 400 g/mol. The van der Waals surface area contributed by atoms with Crippen LogP contribution in [0.1, 0.15) is 47.2 Å². The van der Waals surface area contributed by atoms with Gasteiger partial charge in [-0.05, 0) is 55.0 Å². The molecule has 1 heterocycles. The van der Waals surface area contributed by atoms with Gasteiger partial charge in [0.2, 0.25) is 10.0 Å². The largest absolute Gasteiger partial charge is 0.496 e. The van der Waals surface area contributed by atoms with Crippen molar-refractivity contribution in [2.75, 3.05) is 26.7 Å². The fourth-order valence-corrected chi connectivity index (χ4v) is 5.30. The van der Waals surface area contributed by atoms with E-state index in [0.29, 0.717) is 30.8 Å². The van der Waals surface area contributed by atoms with E-state index in [1.165, 1.54) is 0 Å². The molecule has 0 aromatic heterocycles. The number of carbonyl (C=O) groups excluding carboxylic acids is 1. The quantitative estimate of drug-likeness (QED) is 0.619. The van der Waals surface area contributed by atoms with Crippen LogP contribution in [0.2, 0.25) is 0 Å². The lowest BCUT2D eigenvalue weighted by atomic mass is 10.1. The molecule has 1 N–H and O–H groups in total. The van der Waals surface area contributed by atoms with Crippen LogP contribution in [0.3, 0.4) is 0 Å². The molecule has 0 aliphatic carbocycles. The van der Waals surface area contributed by atoms with E-state index in [2.05, 4.69) is 5.32 Å². The Morgan fingerprint density at radius 1 is 1.03 bits per heavy atom. The smallest absolute Gasteiger partial charge is 0.251 e. The van der Waals surface area contributed by atoms with Gasteiger partial charge in [-0.1, -0.05) is 36.8 Å². The van der Waals surface area contributed by atoms with Gasteiger partial charge in [-0.25, -0.2) is 12.7 Å². The van der Waals surface area contributed by atoms with Gasteiger partial charge in [-0.2, -0.15) is 0 Å². The molecule has 1 saturated heterocycles. The Hall–Kier alpha value is -2.38. The number of rotatable bonds is 9. The molecule has 0 atom stereocenters. The Labute approximate surface area is 179 Å². The van der Waals surface area contributed by atoms with Gasteiger partial charge in [0.1, 0.15) is 5.75 Å². The number of nitrogens with zero attached hydrogens (tertiary/aromatic N) is 1. The summed E-state index contributed by atoms with van der Waals surface area (Å²) in [5.74, 6) is 0.688. The summed E-state index contributed by atoms with van der Waals surface area (Å²) in [6, 6.07) is 14.7. The van der Waals surface area contributed by atoms with Gasteiger partial charge in [0.15, 0.2) is 0 Å². The Bertz CT molecular complexity index is 936. The summed E-state index contributed by atoms with van der Waals surface area (Å²) in [5, 5.41) is 2.92. The predicted molar refractivity (Wildman–Crippen MR) is 118 cm³/mol. The Morgan fingerprint density at radius 3 is 2.43 bits per heavy atom. The first kappa shape index (κ1) is 22.3. The van der Waals surface area contributed by atoms with E-state index in [1.54, 1.807) is 35.7 Å². The van der Waals surface area contributed by atoms with Crippen molar-refractivity contribution < 1.29 is 17.9 Å². The van der Waals surface area contributed by atoms with E-state index >= 15 is 0 Å². The average molecular weight is 431 g/mol. The molecule has 1 amide bonds. The summed E-state index contributed by atoms with van der Waals surface area (Å²) >= 11 is 0. The number of amides is 1. The van der Waals surface area contributed by atoms with Gasteiger partial charge in [0, 0.05) is 25.2 Å². The van der Waals surface area contributed by atoms with E-state index in [-0.39, 0.29) is 11.7 Å². The summed E-state index contributed by atoms with van der Waals surface area (Å²) in [6.07, 6.45) is 4.56. The Balaban J connectivity index is 1.47. The summed E-state index contributed by atoms with van der Waals surface area (Å²) in [5.41, 5.74) is 2.35. The second-order valence-corrected chi connectivity index (χ2v) is 9.55. The first-order valence-electron chi connectivity index (χ1n) is 10.5. The van der Waals surface area contributed by atoms with Crippen LogP contribution in [0.4, 0.5) is 0 Å². The molecule has 6 nitrogen and oxygen atoms in total. The van der Waals surface area contributed by atoms with Crippen LogP contribution >= 0.6 is 0 Å². The van der Waals surface area contributed by atoms with E-state index in [4.69, 9.17) is 4.74 Å². The van der Waals surface area contributed by atoms with E-state index in [1.807, 2.05) is 24.3 Å². The highest BCUT2D eigenvalue weighted by atomic mass is 32.2. The van der Waals surface area contributed by atoms with Crippen LogP contribution < -0.4 is 10.1 Å². The monoisotopic (exact) mass is 430 g/mol. The summed E-state index contributed by atoms with van der Waals surface area (Å²) < 4.78 is 32.0. The highest BCUT2D eigenvalue weighted by Gasteiger charge is 2.24. The number of benzene rings is 2. The van der Waals surface area contributed by atoms with Crippen LogP contribution in [0.15, 0.2) is 48.5 Å². The highest BCUT2D eigenvalue weighted by molar-refractivity contribution is 7.88. The van der Waals surface area contributed by atoms with Crippen LogP contribution in [0.25, 0.3) is 0 Å². The molecular formula is C23H30N2O4S. The van der Waals surface area contributed by atoms with Crippen LogP contribution in [-0.2, 0) is 22.2 Å². The molecule has 30 heavy (non-hydrogen) atoms. The van der Waals surface area contributed by atoms with Crippen molar-refractivity contribution in [1.29, 1.82) is 0 Å². The van der Waals surface area contributed by atoms with Crippen molar-refractivity contribution >= 4 is 15.9 Å². The summed E-state index contributed by atoms with van der Waals surface area (Å²) in [6.45, 7) is 1.78. The minimum atomic E-state index is -3.30. The molecule has 0 unspecified atom stereocenters. The summed E-state index contributed by atoms with van der Waals surface area (Å²) in [4.78, 5) is 12.4. The number of carbonyl (C=O) groups is 1. The maximum atomic E-state index is 12.5. The van der Waals surface area contributed by atoms with Crippen molar-refractivity contribution in [1.82, 2.24) is 9.62 Å². The second-order valence-electron chi connectivity index (χ2n) is 7.58. The molecule has 0 saturated carbocycles. The van der Waals surface area contributed by atoms with Gasteiger partial charge >= 0.3 is 0 Å².